The molecule has 0 bridgehead atoms. The van der Waals surface area contributed by atoms with Gasteiger partial charge in [-0.2, -0.15) is 0 Å². The van der Waals surface area contributed by atoms with Crippen molar-refractivity contribution in [1.82, 2.24) is 0 Å². The Hall–Kier alpha value is -0.550. The predicted molar refractivity (Wildman–Crippen MR) is 55.9 cm³/mol. The van der Waals surface area contributed by atoms with Crippen LogP contribution in [0.1, 0.15) is 19.4 Å². The highest BCUT2D eigenvalue weighted by Crippen LogP contribution is 2.23. The fourth-order valence-electron chi connectivity index (χ4n) is 1.08. The number of hydrogen-bond acceptors (Lipinski definition) is 1. The minimum absolute atomic E-state index is 0.438. The lowest BCUT2D eigenvalue weighted by Crippen LogP contribution is -2.00. The number of phenolic OH excluding ortho intramolecular Hbond substituents is 1. The van der Waals surface area contributed by atoms with E-state index >= 15 is 0 Å². The second-order valence-electron chi connectivity index (χ2n) is 3.32. The third-order valence-electron chi connectivity index (χ3n) is 1.60. The number of rotatable bonds is 2. The lowest BCUT2D eigenvalue weighted by atomic mass is 10.2. The first-order valence-corrected chi connectivity index (χ1v) is 5.23. The van der Waals surface area contributed by atoms with Crippen LogP contribution < -0.4 is 5.30 Å². The zero-order chi connectivity index (χ0) is 9.14. The molecule has 1 nitrogen and oxygen atoms in total. The largest absolute Gasteiger partial charge is 0.507 e. The molecule has 1 unspecified atom stereocenters. The second-order valence-corrected chi connectivity index (χ2v) is 5.30. The van der Waals surface area contributed by atoms with Gasteiger partial charge in [-0.05, 0) is 24.7 Å². The fraction of sp³-hybridized carbons (Fsp3) is 0.400. The summed E-state index contributed by atoms with van der Waals surface area (Å²) in [5, 5.41) is 10.6. The van der Waals surface area contributed by atoms with Crippen LogP contribution in [-0.2, 0) is 0 Å². The molecule has 12 heavy (non-hydrogen) atoms. The van der Waals surface area contributed by atoms with E-state index in [9.17, 15) is 5.11 Å². The molecule has 0 aromatic heterocycles. The molecule has 1 aromatic carbocycles. The van der Waals surface area contributed by atoms with E-state index in [0.29, 0.717) is 20.0 Å². The molecule has 0 aliphatic carbocycles. The molecule has 1 rings (SSSR count). The molecule has 0 fully saturated rings. The van der Waals surface area contributed by atoms with Gasteiger partial charge in [-0.1, -0.05) is 34.1 Å². The van der Waals surface area contributed by atoms with Crippen molar-refractivity contribution in [2.45, 2.75) is 26.4 Å². The van der Waals surface area contributed by atoms with Gasteiger partial charge in [0.15, 0.2) is 0 Å². The van der Waals surface area contributed by atoms with E-state index in [2.05, 4.69) is 19.9 Å². The van der Waals surface area contributed by atoms with Gasteiger partial charge in [-0.25, -0.2) is 0 Å². The molecule has 0 saturated heterocycles. The van der Waals surface area contributed by atoms with Crippen LogP contribution in [0.5, 0.6) is 5.75 Å². The Kier molecular flexibility index (Phi) is 3.11. The van der Waals surface area contributed by atoms with Gasteiger partial charge in [0.25, 0.3) is 0 Å². The first-order valence-electron chi connectivity index (χ1n) is 4.16. The average molecular weight is 182 g/mol. The molecule has 0 amide bonds. The van der Waals surface area contributed by atoms with Crippen molar-refractivity contribution < 1.29 is 5.11 Å². The third-order valence-corrected chi connectivity index (χ3v) is 2.89. The van der Waals surface area contributed by atoms with Crippen LogP contribution in [0.3, 0.4) is 0 Å². The summed E-state index contributed by atoms with van der Waals surface area (Å²) in [5.74, 6) is 0.438. The standard InChI is InChI=1S/C10H15OP/c1-7(2)12-10-6-8(3)4-5-9(10)11/h4-7,11-12H,1-3H3. The summed E-state index contributed by atoms with van der Waals surface area (Å²) in [6.45, 7) is 6.38. The van der Waals surface area contributed by atoms with Crippen molar-refractivity contribution in [3.63, 3.8) is 0 Å². The molecule has 0 radical (unpaired) electrons. The summed E-state index contributed by atoms with van der Waals surface area (Å²) < 4.78 is 0. The van der Waals surface area contributed by atoms with Gasteiger partial charge in [-0.3, -0.25) is 0 Å². The molecule has 1 atom stereocenters. The molecule has 0 heterocycles. The van der Waals surface area contributed by atoms with Gasteiger partial charge in [0.1, 0.15) is 5.75 Å². The number of hydrogen-bond donors (Lipinski definition) is 1. The maximum Gasteiger partial charge on any atom is 0.122 e. The van der Waals surface area contributed by atoms with Crippen molar-refractivity contribution in [2.24, 2.45) is 0 Å². The van der Waals surface area contributed by atoms with Gasteiger partial charge in [0.2, 0.25) is 0 Å². The van der Waals surface area contributed by atoms with E-state index in [-0.39, 0.29) is 0 Å². The third kappa shape index (κ3) is 2.49. The Bertz CT molecular complexity index is 269. The molecular formula is C10H15OP. The Morgan fingerprint density at radius 2 is 2.00 bits per heavy atom. The Morgan fingerprint density at radius 3 is 2.58 bits per heavy atom. The number of aromatic hydroxyl groups is 1. The van der Waals surface area contributed by atoms with Crippen LogP contribution in [0.2, 0.25) is 0 Å². The second kappa shape index (κ2) is 3.91. The molecule has 66 valence electrons. The normalized spacial score (nSPS) is 11.7. The number of phenols is 1. The van der Waals surface area contributed by atoms with Crippen molar-refractivity contribution in [1.29, 1.82) is 0 Å². The van der Waals surface area contributed by atoms with Crippen molar-refractivity contribution in [3.05, 3.63) is 23.8 Å². The van der Waals surface area contributed by atoms with E-state index in [4.69, 9.17) is 0 Å². The average Bonchev–Trinajstić information content (AvgIpc) is 1.96. The molecule has 0 saturated carbocycles. The molecule has 1 aromatic rings. The summed E-state index contributed by atoms with van der Waals surface area (Å²) in [7, 11) is 0.706. The predicted octanol–water partition coefficient (Wildman–Crippen LogP) is 2.41. The first kappa shape index (κ1) is 9.54. The van der Waals surface area contributed by atoms with E-state index in [0.717, 1.165) is 5.30 Å². The van der Waals surface area contributed by atoms with Gasteiger partial charge in [0.05, 0.1) is 0 Å². The highest BCUT2D eigenvalue weighted by Gasteiger charge is 2.02. The van der Waals surface area contributed by atoms with Gasteiger partial charge >= 0.3 is 0 Å². The summed E-state index contributed by atoms with van der Waals surface area (Å²) in [6, 6.07) is 5.78. The Morgan fingerprint density at radius 1 is 1.33 bits per heavy atom. The van der Waals surface area contributed by atoms with Crippen LogP contribution in [-0.4, -0.2) is 10.8 Å². The highest BCUT2D eigenvalue weighted by molar-refractivity contribution is 7.48. The van der Waals surface area contributed by atoms with Gasteiger partial charge < -0.3 is 5.11 Å². The highest BCUT2D eigenvalue weighted by atomic mass is 31.1. The smallest absolute Gasteiger partial charge is 0.122 e. The minimum atomic E-state index is 0.438. The van der Waals surface area contributed by atoms with Crippen molar-refractivity contribution in [3.8, 4) is 5.75 Å². The Labute approximate surface area is 75.6 Å². The zero-order valence-corrected chi connectivity index (χ0v) is 8.76. The lowest BCUT2D eigenvalue weighted by molar-refractivity contribution is 0.479. The minimum Gasteiger partial charge on any atom is -0.507 e. The SMILES string of the molecule is Cc1ccc(O)c(PC(C)C)c1. The summed E-state index contributed by atoms with van der Waals surface area (Å²) in [6.07, 6.45) is 0. The van der Waals surface area contributed by atoms with Crippen LogP contribution in [0, 0.1) is 6.92 Å². The van der Waals surface area contributed by atoms with Crippen LogP contribution >= 0.6 is 8.58 Å². The van der Waals surface area contributed by atoms with E-state index in [1.54, 1.807) is 6.07 Å². The van der Waals surface area contributed by atoms with Crippen molar-refractivity contribution >= 4 is 13.9 Å². The topological polar surface area (TPSA) is 20.2 Å². The number of aryl methyl sites for hydroxylation is 1. The first-order chi connectivity index (χ1) is 5.59. The lowest BCUT2D eigenvalue weighted by Gasteiger charge is -2.07. The maximum absolute atomic E-state index is 9.49. The Balaban J connectivity index is 2.90. The van der Waals surface area contributed by atoms with E-state index in [1.165, 1.54) is 5.56 Å². The number of benzene rings is 1. The van der Waals surface area contributed by atoms with Gasteiger partial charge in [0, 0.05) is 5.30 Å². The van der Waals surface area contributed by atoms with Crippen LogP contribution in [0.4, 0.5) is 0 Å². The van der Waals surface area contributed by atoms with Gasteiger partial charge in [-0.15, -0.1) is 0 Å². The molecular weight excluding hydrogens is 167 g/mol. The molecule has 1 N–H and O–H groups in total. The fourth-order valence-corrected chi connectivity index (χ4v) is 2.24. The summed E-state index contributed by atoms with van der Waals surface area (Å²) >= 11 is 0. The van der Waals surface area contributed by atoms with Crippen LogP contribution in [0.15, 0.2) is 18.2 Å². The van der Waals surface area contributed by atoms with E-state index < -0.39 is 0 Å². The molecule has 0 aliphatic rings. The summed E-state index contributed by atoms with van der Waals surface area (Å²) in [5.41, 5.74) is 1.84. The summed E-state index contributed by atoms with van der Waals surface area (Å²) in [4.78, 5) is 0. The molecule has 2 heteroatoms. The maximum atomic E-state index is 9.49. The monoisotopic (exact) mass is 182 g/mol. The van der Waals surface area contributed by atoms with Crippen molar-refractivity contribution in [2.75, 3.05) is 0 Å². The van der Waals surface area contributed by atoms with Crippen LogP contribution in [0.25, 0.3) is 0 Å². The molecule has 0 aliphatic heterocycles. The zero-order valence-electron chi connectivity index (χ0n) is 7.76. The van der Waals surface area contributed by atoms with E-state index in [1.807, 2.05) is 13.0 Å². The quantitative estimate of drug-likeness (QED) is 0.696. The molecule has 0 spiro atoms.